The molecular formula is C21H24N4O10S. The summed E-state index contributed by atoms with van der Waals surface area (Å²) in [4.78, 5) is 15.8. The van der Waals surface area contributed by atoms with Gasteiger partial charge in [0.1, 0.15) is 5.69 Å². The molecule has 1 aromatic heterocycles. The Morgan fingerprint density at radius 3 is 2.06 bits per heavy atom. The van der Waals surface area contributed by atoms with Crippen molar-refractivity contribution in [1.82, 2.24) is 10.3 Å². The summed E-state index contributed by atoms with van der Waals surface area (Å²) in [5.41, 5.74) is 3.53. The van der Waals surface area contributed by atoms with Crippen molar-refractivity contribution in [2.24, 2.45) is 0 Å². The molecule has 3 aromatic rings. The van der Waals surface area contributed by atoms with E-state index in [1.54, 1.807) is 17.4 Å². The topological polar surface area (TPSA) is 262 Å². The van der Waals surface area contributed by atoms with Crippen LogP contribution in [0.2, 0.25) is 0 Å². The molecule has 1 amide bonds. The van der Waals surface area contributed by atoms with Gasteiger partial charge in [-0.1, -0.05) is 41.7 Å². The third kappa shape index (κ3) is 5.51. The highest BCUT2D eigenvalue weighted by Gasteiger charge is 2.42. The van der Waals surface area contributed by atoms with E-state index in [0.717, 1.165) is 5.56 Å². The number of carbonyl (C=O) groups excluding carboxylic acids is 1. The Morgan fingerprint density at radius 2 is 1.53 bits per heavy atom. The normalized spacial score (nSPS) is 12.0. The number of rotatable bonds is 9. The third-order valence-corrected chi connectivity index (χ3v) is 5.78. The Balaban J connectivity index is 1.80. The van der Waals surface area contributed by atoms with Crippen LogP contribution in [0.1, 0.15) is 16.8 Å². The van der Waals surface area contributed by atoms with Crippen LogP contribution in [-0.4, -0.2) is 69.3 Å². The van der Waals surface area contributed by atoms with E-state index in [4.69, 9.17) is 5.73 Å². The molecule has 0 saturated carbocycles. The number of nitrogen functional groups attached to an aromatic ring is 1. The molecule has 0 aliphatic rings. The number of hydrogen-bond donors (Lipinski definition) is 12. The maximum atomic E-state index is 12.4. The Kier molecular flexibility index (Phi) is 7.44. The number of nitrogens with one attached hydrogen (secondary N) is 2. The van der Waals surface area contributed by atoms with Gasteiger partial charge in [0.25, 0.3) is 11.7 Å². The number of nitrogens with two attached hydrogens (primary N) is 1. The van der Waals surface area contributed by atoms with Crippen molar-refractivity contribution in [2.45, 2.75) is 24.5 Å². The fourth-order valence-corrected chi connectivity index (χ4v) is 3.88. The van der Waals surface area contributed by atoms with Gasteiger partial charge in [0.05, 0.1) is 5.56 Å². The van der Waals surface area contributed by atoms with Crippen LogP contribution < -0.4 is 16.4 Å². The van der Waals surface area contributed by atoms with Gasteiger partial charge in [-0.3, -0.25) is 10.1 Å². The molecule has 15 heteroatoms. The summed E-state index contributed by atoms with van der Waals surface area (Å²) < 4.78 is 0. The van der Waals surface area contributed by atoms with Crippen molar-refractivity contribution >= 4 is 28.1 Å². The van der Waals surface area contributed by atoms with Crippen LogP contribution in [0.5, 0.6) is 28.1 Å². The van der Waals surface area contributed by atoms with Crippen molar-refractivity contribution in [3.63, 3.8) is 0 Å². The number of aliphatic hydroxyl groups is 4. The Labute approximate surface area is 206 Å². The molecule has 194 valence electrons. The van der Waals surface area contributed by atoms with Crippen LogP contribution in [0.25, 0.3) is 0 Å². The minimum Gasteiger partial charge on any atom is -0.504 e. The molecule has 0 radical (unpaired) electrons. The summed E-state index contributed by atoms with van der Waals surface area (Å²) in [5, 5.41) is 94.6. The largest absolute Gasteiger partial charge is 0.504 e. The zero-order chi connectivity index (χ0) is 26.8. The number of phenolic OH excluding ortho intramolecular Hbond substituents is 4. The van der Waals surface area contributed by atoms with E-state index in [1.165, 1.54) is 0 Å². The first-order valence-corrected chi connectivity index (χ1v) is 11.0. The molecule has 0 aliphatic carbocycles. The molecule has 0 bridgehead atoms. The molecule has 1 heterocycles. The second-order valence-electron chi connectivity index (χ2n) is 7.74. The monoisotopic (exact) mass is 524 g/mol. The van der Waals surface area contributed by atoms with Gasteiger partial charge < -0.3 is 57.0 Å². The highest BCUT2D eigenvalue weighted by atomic mass is 32.1. The van der Waals surface area contributed by atoms with Crippen molar-refractivity contribution in [1.29, 1.82) is 0 Å². The standard InChI is InChI=1S/C21H24N4O10S/c22-19-25-16(17(30)36-19)21(34,35)18(31)24-11-14(28)12(26)10(13(27)15(11)29)8-20(32,33)23-7-6-9-4-2-1-3-5-9/h1-5,23,26-30,32-35H,6-8H2,(H2,22,25)(H,24,31). The van der Waals surface area contributed by atoms with E-state index >= 15 is 0 Å². The zero-order valence-electron chi connectivity index (χ0n) is 18.4. The number of phenols is 4. The number of carbonyl (C=O) groups is 1. The van der Waals surface area contributed by atoms with E-state index in [9.17, 15) is 50.8 Å². The van der Waals surface area contributed by atoms with Crippen LogP contribution in [0.3, 0.4) is 0 Å². The molecule has 0 spiro atoms. The molecule has 36 heavy (non-hydrogen) atoms. The number of thiazole rings is 1. The van der Waals surface area contributed by atoms with Crippen molar-refractivity contribution in [3.8, 4) is 28.1 Å². The highest BCUT2D eigenvalue weighted by Crippen LogP contribution is 2.51. The molecule has 13 N–H and O–H groups in total. The average Bonchev–Trinajstić information content (AvgIpc) is 3.17. The van der Waals surface area contributed by atoms with Crippen molar-refractivity contribution in [3.05, 3.63) is 47.2 Å². The fraction of sp³-hybridized carbons (Fsp3) is 0.238. The van der Waals surface area contributed by atoms with Crippen LogP contribution in [0.15, 0.2) is 30.3 Å². The van der Waals surface area contributed by atoms with Gasteiger partial charge in [-0.25, -0.2) is 4.98 Å². The Bertz CT molecular complexity index is 1230. The van der Waals surface area contributed by atoms with Gasteiger partial charge in [-0.05, 0) is 12.0 Å². The van der Waals surface area contributed by atoms with Gasteiger partial charge in [0.2, 0.25) is 11.0 Å². The lowest BCUT2D eigenvalue weighted by Gasteiger charge is -2.25. The summed E-state index contributed by atoms with van der Waals surface area (Å²) in [7, 11) is 0. The van der Waals surface area contributed by atoms with Crippen molar-refractivity contribution in [2.75, 3.05) is 17.6 Å². The number of aromatic nitrogens is 1. The maximum absolute atomic E-state index is 12.4. The average molecular weight is 525 g/mol. The van der Waals surface area contributed by atoms with E-state index < -0.39 is 69.0 Å². The summed E-state index contributed by atoms with van der Waals surface area (Å²) in [6, 6.07) is 9.05. The summed E-state index contributed by atoms with van der Waals surface area (Å²) in [6.07, 6.45) is -0.530. The van der Waals surface area contributed by atoms with Gasteiger partial charge in [-0.15, -0.1) is 0 Å². The first-order chi connectivity index (χ1) is 16.7. The quantitative estimate of drug-likeness (QED) is 0.0915. The first kappa shape index (κ1) is 26.7. The predicted octanol–water partition coefficient (Wildman–Crippen LogP) is -0.957. The van der Waals surface area contributed by atoms with E-state index in [2.05, 4.69) is 10.3 Å². The summed E-state index contributed by atoms with van der Waals surface area (Å²) >= 11 is 0.433. The number of nitrogens with zero attached hydrogens (tertiary/aromatic N) is 1. The van der Waals surface area contributed by atoms with Crippen LogP contribution in [-0.2, 0) is 23.4 Å². The first-order valence-electron chi connectivity index (χ1n) is 10.2. The van der Waals surface area contributed by atoms with Crippen LogP contribution >= 0.6 is 11.3 Å². The van der Waals surface area contributed by atoms with E-state index in [-0.39, 0.29) is 11.7 Å². The van der Waals surface area contributed by atoms with Crippen LogP contribution in [0, 0.1) is 0 Å². The van der Waals surface area contributed by atoms with Crippen molar-refractivity contribution < 1.29 is 50.8 Å². The second kappa shape index (κ2) is 10.0. The smallest absolute Gasteiger partial charge is 0.294 e. The highest BCUT2D eigenvalue weighted by molar-refractivity contribution is 7.17. The molecule has 2 aromatic carbocycles. The number of aromatic hydroxyl groups is 5. The lowest BCUT2D eigenvalue weighted by atomic mass is 10.0. The lowest BCUT2D eigenvalue weighted by molar-refractivity contribution is -0.185. The third-order valence-electron chi connectivity index (χ3n) is 5.09. The number of anilines is 2. The van der Waals surface area contributed by atoms with E-state index in [0.29, 0.717) is 17.8 Å². The van der Waals surface area contributed by atoms with Gasteiger partial charge in [0, 0.05) is 13.0 Å². The lowest BCUT2D eigenvalue weighted by Crippen LogP contribution is -2.47. The molecule has 3 rings (SSSR count). The molecule has 0 fully saturated rings. The number of benzene rings is 2. The fourth-order valence-electron chi connectivity index (χ4n) is 3.26. The van der Waals surface area contributed by atoms with Gasteiger partial charge in [0.15, 0.2) is 33.8 Å². The maximum Gasteiger partial charge on any atom is 0.294 e. The van der Waals surface area contributed by atoms with Crippen LogP contribution in [0.4, 0.5) is 10.8 Å². The summed E-state index contributed by atoms with van der Waals surface area (Å²) in [5.74, 6) is -12.8. The second-order valence-corrected chi connectivity index (χ2v) is 8.75. The minimum absolute atomic E-state index is 0.0632. The SMILES string of the molecule is Nc1nc(C(O)(O)C(=O)Nc2c(O)c(O)c(CC(O)(O)NCCc3ccccc3)c(O)c2O)c(O)s1. The molecular weight excluding hydrogens is 500 g/mol. The molecule has 0 saturated heterocycles. The molecule has 14 nitrogen and oxygen atoms in total. The Morgan fingerprint density at radius 1 is 0.944 bits per heavy atom. The van der Waals surface area contributed by atoms with Gasteiger partial charge >= 0.3 is 0 Å². The minimum atomic E-state index is -3.50. The van der Waals surface area contributed by atoms with Gasteiger partial charge in [-0.2, -0.15) is 0 Å². The van der Waals surface area contributed by atoms with E-state index in [1.807, 2.05) is 18.2 Å². The molecule has 0 atom stereocenters. The predicted molar refractivity (Wildman–Crippen MR) is 125 cm³/mol. The number of hydrogen-bond acceptors (Lipinski definition) is 14. The Hall–Kier alpha value is -3.86. The molecule has 0 aliphatic heterocycles. The molecule has 0 unspecified atom stereocenters. The zero-order valence-corrected chi connectivity index (χ0v) is 19.2. The summed E-state index contributed by atoms with van der Waals surface area (Å²) in [6.45, 7) is 0.0632. The number of amides is 1.